The maximum Gasteiger partial charge on any atom is 0.400 e. The number of halogens is 6. The predicted molar refractivity (Wildman–Crippen MR) is 117 cm³/mol. The number of fused-ring (bicyclic) bond motifs is 1. The van der Waals surface area contributed by atoms with Crippen LogP contribution in [0.1, 0.15) is 61.3 Å². The van der Waals surface area contributed by atoms with E-state index in [9.17, 15) is 35.9 Å². The van der Waals surface area contributed by atoms with Gasteiger partial charge >= 0.3 is 12.4 Å². The van der Waals surface area contributed by atoms with Crippen molar-refractivity contribution in [2.45, 2.75) is 70.9 Å². The molecule has 1 amide bonds. The molecule has 1 aromatic heterocycles. The van der Waals surface area contributed by atoms with E-state index in [1.54, 1.807) is 11.5 Å². The van der Waals surface area contributed by atoms with Crippen molar-refractivity contribution in [1.29, 1.82) is 0 Å². The second-order valence-corrected chi connectivity index (χ2v) is 8.73. The zero-order chi connectivity index (χ0) is 26.0. The third-order valence-corrected chi connectivity index (χ3v) is 6.29. The van der Waals surface area contributed by atoms with Gasteiger partial charge in [-0.3, -0.25) is 14.2 Å². The second-order valence-electron chi connectivity index (χ2n) is 8.73. The number of benzene rings is 1. The summed E-state index contributed by atoms with van der Waals surface area (Å²) in [6.45, 7) is 3.21. The van der Waals surface area contributed by atoms with Crippen LogP contribution in [0.4, 0.5) is 26.3 Å². The van der Waals surface area contributed by atoms with E-state index in [2.05, 4.69) is 4.98 Å². The van der Waals surface area contributed by atoms with Crippen LogP contribution in [0.25, 0.3) is 0 Å². The minimum Gasteiger partial charge on any atom is -0.336 e. The Kier molecular flexibility index (Phi) is 7.96. The maximum absolute atomic E-state index is 13.5. The number of hydrogen-bond acceptors (Lipinski definition) is 3. The molecule has 1 aliphatic rings. The van der Waals surface area contributed by atoms with E-state index in [-0.39, 0.29) is 36.8 Å². The highest BCUT2D eigenvalue weighted by atomic mass is 19.4. The molecule has 2 heterocycles. The van der Waals surface area contributed by atoms with Gasteiger partial charge in [-0.25, -0.2) is 4.98 Å². The minimum absolute atomic E-state index is 0.00514. The van der Waals surface area contributed by atoms with E-state index >= 15 is 0 Å². The first-order valence-electron chi connectivity index (χ1n) is 11.4. The van der Waals surface area contributed by atoms with Crippen molar-refractivity contribution in [3.63, 3.8) is 0 Å². The molecule has 5 nitrogen and oxygen atoms in total. The van der Waals surface area contributed by atoms with Crippen LogP contribution in [-0.4, -0.2) is 39.3 Å². The van der Waals surface area contributed by atoms with E-state index < -0.39 is 30.6 Å². The summed E-state index contributed by atoms with van der Waals surface area (Å²) in [5, 5.41) is 0. The Hall–Kier alpha value is -2.85. The summed E-state index contributed by atoms with van der Waals surface area (Å²) in [6.07, 6.45) is -10.4. The molecule has 0 aliphatic carbocycles. The summed E-state index contributed by atoms with van der Waals surface area (Å²) < 4.78 is 78.9. The van der Waals surface area contributed by atoms with E-state index in [1.807, 2.05) is 37.3 Å². The maximum atomic E-state index is 13.5. The monoisotopic (exact) mass is 503 g/mol. The molecule has 1 aromatic carbocycles. The zero-order valence-corrected chi connectivity index (χ0v) is 19.4. The van der Waals surface area contributed by atoms with E-state index in [4.69, 9.17) is 0 Å². The number of aryl methyl sites for hydroxylation is 1. The van der Waals surface area contributed by atoms with Crippen molar-refractivity contribution in [1.82, 2.24) is 14.5 Å². The molecule has 0 bridgehead atoms. The number of alkyl halides is 6. The summed E-state index contributed by atoms with van der Waals surface area (Å²) in [5.41, 5.74) is 1.18. The number of amides is 1. The van der Waals surface area contributed by atoms with Gasteiger partial charge in [-0.2, -0.15) is 26.3 Å². The lowest BCUT2D eigenvalue weighted by Gasteiger charge is -2.32. The fraction of sp³-hybridized carbons (Fsp3) is 0.542. The molecule has 1 atom stereocenters. The average molecular weight is 503 g/mol. The first-order valence-corrected chi connectivity index (χ1v) is 11.4. The van der Waals surface area contributed by atoms with Crippen LogP contribution < -0.4 is 5.56 Å². The van der Waals surface area contributed by atoms with E-state index in [1.165, 1.54) is 0 Å². The Morgan fingerprint density at radius 3 is 2.29 bits per heavy atom. The fourth-order valence-electron chi connectivity index (χ4n) is 4.44. The molecule has 0 radical (unpaired) electrons. The lowest BCUT2D eigenvalue weighted by Crippen LogP contribution is -2.45. The highest BCUT2D eigenvalue weighted by Crippen LogP contribution is 2.41. The molecule has 1 unspecified atom stereocenters. The van der Waals surface area contributed by atoms with Gasteiger partial charge in [0, 0.05) is 18.5 Å². The van der Waals surface area contributed by atoms with Crippen molar-refractivity contribution in [2.75, 3.05) is 6.54 Å². The lowest BCUT2D eigenvalue weighted by atomic mass is 9.98. The molecular weight excluding hydrogens is 476 g/mol. The van der Waals surface area contributed by atoms with Gasteiger partial charge in [0.2, 0.25) is 5.91 Å². The Bertz CT molecular complexity index is 1080. The quantitative estimate of drug-likeness (QED) is 0.479. The zero-order valence-electron chi connectivity index (χ0n) is 19.4. The highest BCUT2D eigenvalue weighted by Gasteiger charge is 2.57. The molecule has 0 saturated carbocycles. The van der Waals surface area contributed by atoms with Gasteiger partial charge in [0.15, 0.2) is 5.92 Å². The Morgan fingerprint density at radius 1 is 1.09 bits per heavy atom. The van der Waals surface area contributed by atoms with Crippen molar-refractivity contribution in [3.05, 3.63) is 63.3 Å². The molecule has 192 valence electrons. The van der Waals surface area contributed by atoms with Crippen LogP contribution in [-0.2, 0) is 17.8 Å². The third-order valence-electron chi connectivity index (χ3n) is 6.29. The standard InChI is InChI=1S/C24H27F6N3O2/c1-3-4-10-19(16-8-6-5-7-9-16)33-15(2)31-18-14-32(12-11-17(18)22(33)35)21(34)13-20(23(25,26)27)24(28,29)30/h5-9,19-20H,3-4,10-14H2,1-2H3. The number of carbonyl (C=O) groups excluding carboxylic acids is 1. The van der Waals surface area contributed by atoms with Gasteiger partial charge in [0.1, 0.15) is 5.82 Å². The lowest BCUT2D eigenvalue weighted by molar-refractivity contribution is -0.284. The molecule has 1 aliphatic heterocycles. The van der Waals surface area contributed by atoms with Gasteiger partial charge in [0.25, 0.3) is 5.56 Å². The van der Waals surface area contributed by atoms with Crippen LogP contribution in [0, 0.1) is 12.8 Å². The Morgan fingerprint density at radius 2 is 1.71 bits per heavy atom. The van der Waals surface area contributed by atoms with Gasteiger partial charge < -0.3 is 4.90 Å². The van der Waals surface area contributed by atoms with E-state index in [0.29, 0.717) is 17.8 Å². The average Bonchev–Trinajstić information content (AvgIpc) is 2.78. The number of aromatic nitrogens is 2. The highest BCUT2D eigenvalue weighted by molar-refractivity contribution is 5.77. The van der Waals surface area contributed by atoms with Crippen LogP contribution in [0.15, 0.2) is 35.1 Å². The normalized spacial score (nSPS) is 15.3. The van der Waals surface area contributed by atoms with Crippen LogP contribution in [0.5, 0.6) is 0 Å². The SMILES string of the molecule is CCCCC(c1ccccc1)n1c(C)nc2c(c1=O)CCN(C(=O)CC(C(F)(F)F)C(F)(F)F)C2. The third kappa shape index (κ3) is 6.05. The molecule has 0 N–H and O–H groups in total. The number of hydrogen-bond donors (Lipinski definition) is 0. The summed E-state index contributed by atoms with van der Waals surface area (Å²) in [6, 6.07) is 9.20. The first-order chi connectivity index (χ1) is 16.3. The topological polar surface area (TPSA) is 55.2 Å². The Labute approximate surface area is 198 Å². The van der Waals surface area contributed by atoms with Crippen LogP contribution >= 0.6 is 0 Å². The second kappa shape index (κ2) is 10.4. The molecule has 2 aromatic rings. The van der Waals surface area contributed by atoms with Gasteiger partial charge in [0.05, 0.1) is 18.3 Å². The minimum atomic E-state index is -5.59. The summed E-state index contributed by atoms with van der Waals surface area (Å²) in [4.78, 5) is 31.2. The van der Waals surface area contributed by atoms with Gasteiger partial charge in [-0.05, 0) is 25.3 Å². The van der Waals surface area contributed by atoms with Crippen molar-refractivity contribution in [3.8, 4) is 0 Å². The van der Waals surface area contributed by atoms with Gasteiger partial charge in [-0.15, -0.1) is 0 Å². The number of nitrogens with zero attached hydrogens (tertiary/aromatic N) is 3. The molecule has 35 heavy (non-hydrogen) atoms. The summed E-state index contributed by atoms with van der Waals surface area (Å²) in [7, 11) is 0. The summed E-state index contributed by atoms with van der Waals surface area (Å²) in [5.74, 6) is -4.64. The molecule has 0 spiro atoms. The number of carbonyl (C=O) groups is 1. The first kappa shape index (κ1) is 26.7. The molecule has 0 saturated heterocycles. The van der Waals surface area contributed by atoms with Gasteiger partial charge in [-0.1, -0.05) is 50.1 Å². The largest absolute Gasteiger partial charge is 0.400 e. The number of unbranched alkanes of at least 4 members (excludes halogenated alkanes) is 1. The predicted octanol–water partition coefficient (Wildman–Crippen LogP) is 5.35. The molecule has 3 rings (SSSR count). The van der Waals surface area contributed by atoms with Crippen molar-refractivity contribution in [2.24, 2.45) is 5.92 Å². The molecule has 11 heteroatoms. The summed E-state index contributed by atoms with van der Waals surface area (Å²) >= 11 is 0. The Balaban J connectivity index is 1.90. The fourth-order valence-corrected chi connectivity index (χ4v) is 4.44. The van der Waals surface area contributed by atoms with E-state index in [0.717, 1.165) is 23.3 Å². The van der Waals surface area contributed by atoms with Crippen molar-refractivity contribution < 1.29 is 31.1 Å². The smallest absolute Gasteiger partial charge is 0.336 e. The van der Waals surface area contributed by atoms with Crippen LogP contribution in [0.3, 0.4) is 0 Å². The molecule has 0 fully saturated rings. The molecular formula is C24H27F6N3O2. The van der Waals surface area contributed by atoms with Crippen molar-refractivity contribution >= 4 is 5.91 Å². The number of rotatable bonds is 7. The van der Waals surface area contributed by atoms with Crippen LogP contribution in [0.2, 0.25) is 0 Å².